The van der Waals surface area contributed by atoms with Crippen molar-refractivity contribution in [3.8, 4) is 0 Å². The van der Waals surface area contributed by atoms with Crippen LogP contribution in [0.2, 0.25) is 0 Å². The molecule has 3 atom stereocenters. The third-order valence-electron chi connectivity index (χ3n) is 3.11. The molecule has 4 N–H and O–H groups in total. The maximum absolute atomic E-state index is 12.1. The molecule has 0 bridgehead atoms. The van der Waals surface area contributed by atoms with E-state index in [9.17, 15) is 14.7 Å². The fourth-order valence-electron chi connectivity index (χ4n) is 1.95. The fourth-order valence-corrected chi connectivity index (χ4v) is 1.95. The highest BCUT2D eigenvalue weighted by molar-refractivity contribution is 5.90. The van der Waals surface area contributed by atoms with Crippen LogP contribution < -0.4 is 11.1 Å². The van der Waals surface area contributed by atoms with E-state index in [1.165, 1.54) is 11.9 Å². The average Bonchev–Trinajstić information content (AvgIpc) is 2.68. The van der Waals surface area contributed by atoms with E-state index in [-0.39, 0.29) is 30.7 Å². The van der Waals surface area contributed by atoms with Crippen LogP contribution in [-0.2, 0) is 9.59 Å². The topological polar surface area (TPSA) is 95.7 Å². The Morgan fingerprint density at radius 2 is 2.06 bits per heavy atom. The molecule has 0 aromatic carbocycles. The fraction of sp³-hybridized carbons (Fsp3) is 0.818. The molecule has 0 aromatic heterocycles. The van der Waals surface area contributed by atoms with Gasteiger partial charge in [0.2, 0.25) is 11.8 Å². The standard InChI is InChI=1S/C11H21N3O3/c1-6(2)9(12)11(17)14-5-7(15)4-8(14)10(16)13-3/h6-9,15H,4-5,12H2,1-3H3,(H,13,16)/t7-,8+,9+/m1/s1. The molecule has 1 fully saturated rings. The van der Waals surface area contributed by atoms with Gasteiger partial charge in [-0.1, -0.05) is 13.8 Å². The number of aliphatic hydroxyl groups excluding tert-OH is 1. The molecule has 98 valence electrons. The largest absolute Gasteiger partial charge is 0.391 e. The Balaban J connectivity index is 2.80. The summed E-state index contributed by atoms with van der Waals surface area (Å²) in [5.74, 6) is -0.526. The number of rotatable bonds is 3. The molecule has 0 saturated carbocycles. The first-order chi connectivity index (χ1) is 7.88. The summed E-state index contributed by atoms with van der Waals surface area (Å²) in [6.45, 7) is 3.88. The minimum Gasteiger partial charge on any atom is -0.391 e. The molecule has 0 spiro atoms. The molecule has 1 rings (SSSR count). The number of nitrogens with one attached hydrogen (secondary N) is 1. The van der Waals surface area contributed by atoms with E-state index in [1.807, 2.05) is 13.8 Å². The number of carbonyl (C=O) groups is 2. The van der Waals surface area contributed by atoms with Gasteiger partial charge < -0.3 is 21.1 Å². The lowest BCUT2D eigenvalue weighted by molar-refractivity contribution is -0.140. The molecule has 6 heteroatoms. The highest BCUT2D eigenvalue weighted by Gasteiger charge is 2.40. The summed E-state index contributed by atoms with van der Waals surface area (Å²) in [6.07, 6.45) is -0.378. The predicted molar refractivity (Wildman–Crippen MR) is 63.0 cm³/mol. The van der Waals surface area contributed by atoms with Crippen molar-refractivity contribution >= 4 is 11.8 Å². The second-order valence-corrected chi connectivity index (χ2v) is 4.78. The molecule has 17 heavy (non-hydrogen) atoms. The summed E-state index contributed by atoms with van der Waals surface area (Å²) in [5.41, 5.74) is 5.78. The molecule has 1 aliphatic heterocycles. The smallest absolute Gasteiger partial charge is 0.242 e. The maximum Gasteiger partial charge on any atom is 0.242 e. The van der Waals surface area contributed by atoms with Crippen LogP contribution in [-0.4, -0.2) is 53.6 Å². The zero-order valence-electron chi connectivity index (χ0n) is 10.5. The molecule has 0 radical (unpaired) electrons. The summed E-state index contributed by atoms with van der Waals surface area (Å²) < 4.78 is 0. The van der Waals surface area contributed by atoms with E-state index in [0.717, 1.165) is 0 Å². The molecule has 0 aliphatic carbocycles. The molecular formula is C11H21N3O3. The molecule has 2 amide bonds. The SMILES string of the molecule is CNC(=O)[C@@H]1C[C@@H](O)CN1C(=O)[C@@H](N)C(C)C. The second kappa shape index (κ2) is 5.46. The van der Waals surface area contributed by atoms with E-state index in [2.05, 4.69) is 5.32 Å². The van der Waals surface area contributed by atoms with Crippen LogP contribution in [0.25, 0.3) is 0 Å². The minimum absolute atomic E-state index is 0.00517. The summed E-state index contributed by atoms with van der Waals surface area (Å²) in [6, 6.07) is -1.24. The lowest BCUT2D eigenvalue weighted by atomic mass is 10.0. The second-order valence-electron chi connectivity index (χ2n) is 4.78. The van der Waals surface area contributed by atoms with E-state index in [1.54, 1.807) is 0 Å². The Morgan fingerprint density at radius 3 is 2.53 bits per heavy atom. The third kappa shape index (κ3) is 2.95. The normalized spacial score (nSPS) is 26.1. The van der Waals surface area contributed by atoms with Crippen molar-refractivity contribution in [2.45, 2.75) is 38.5 Å². The first kappa shape index (κ1) is 13.9. The van der Waals surface area contributed by atoms with Crippen LogP contribution in [0, 0.1) is 5.92 Å². The first-order valence-corrected chi connectivity index (χ1v) is 5.84. The van der Waals surface area contributed by atoms with Gasteiger partial charge in [0, 0.05) is 20.0 Å². The van der Waals surface area contributed by atoms with Crippen molar-refractivity contribution in [2.24, 2.45) is 11.7 Å². The molecule has 0 unspecified atom stereocenters. The number of likely N-dealkylation sites (tertiary alicyclic amines) is 1. The number of nitrogens with zero attached hydrogens (tertiary/aromatic N) is 1. The molecule has 0 aromatic rings. The molecule has 1 aliphatic rings. The van der Waals surface area contributed by atoms with E-state index >= 15 is 0 Å². The van der Waals surface area contributed by atoms with Crippen LogP contribution in [0.4, 0.5) is 0 Å². The number of carbonyl (C=O) groups excluding carboxylic acids is 2. The Hall–Kier alpha value is -1.14. The van der Waals surface area contributed by atoms with Crippen molar-refractivity contribution in [2.75, 3.05) is 13.6 Å². The molecule has 1 saturated heterocycles. The number of nitrogens with two attached hydrogens (primary N) is 1. The monoisotopic (exact) mass is 243 g/mol. The predicted octanol–water partition coefficient (Wildman–Crippen LogP) is -1.32. The van der Waals surface area contributed by atoms with Gasteiger partial charge >= 0.3 is 0 Å². The maximum atomic E-state index is 12.1. The lowest BCUT2D eigenvalue weighted by Gasteiger charge is -2.27. The van der Waals surface area contributed by atoms with Crippen molar-refractivity contribution in [1.82, 2.24) is 10.2 Å². The van der Waals surface area contributed by atoms with Crippen LogP contribution >= 0.6 is 0 Å². The number of likely N-dealkylation sites (N-methyl/N-ethyl adjacent to an activating group) is 1. The van der Waals surface area contributed by atoms with E-state index in [4.69, 9.17) is 5.73 Å². The van der Waals surface area contributed by atoms with Gasteiger partial charge in [-0.2, -0.15) is 0 Å². The summed E-state index contributed by atoms with van der Waals surface area (Å²) >= 11 is 0. The summed E-state index contributed by atoms with van der Waals surface area (Å²) in [7, 11) is 1.51. The highest BCUT2D eigenvalue weighted by Crippen LogP contribution is 2.20. The Labute approximate surface area is 101 Å². The Bertz CT molecular complexity index is 306. The highest BCUT2D eigenvalue weighted by atomic mass is 16.3. The molecular weight excluding hydrogens is 222 g/mol. The third-order valence-corrected chi connectivity index (χ3v) is 3.11. The number of β-amino-alcohol motifs (C(OH)–C–C–N with tert-alkyl or cyclic N) is 1. The Kier molecular flexibility index (Phi) is 4.47. The van der Waals surface area contributed by atoms with Gasteiger partial charge in [-0.05, 0) is 5.92 Å². The summed E-state index contributed by atoms with van der Waals surface area (Å²) in [5, 5.41) is 12.1. The number of amides is 2. The minimum atomic E-state index is -0.652. The van der Waals surface area contributed by atoms with Crippen LogP contribution in [0.3, 0.4) is 0 Å². The van der Waals surface area contributed by atoms with Crippen molar-refractivity contribution in [3.63, 3.8) is 0 Å². The van der Waals surface area contributed by atoms with E-state index < -0.39 is 18.2 Å². The van der Waals surface area contributed by atoms with Gasteiger partial charge in [0.1, 0.15) is 6.04 Å². The van der Waals surface area contributed by atoms with Gasteiger partial charge in [0.25, 0.3) is 0 Å². The molecule has 6 nitrogen and oxygen atoms in total. The van der Waals surface area contributed by atoms with Gasteiger partial charge in [0.15, 0.2) is 0 Å². The van der Waals surface area contributed by atoms with Gasteiger partial charge in [0.05, 0.1) is 12.1 Å². The van der Waals surface area contributed by atoms with Crippen molar-refractivity contribution in [3.05, 3.63) is 0 Å². The number of hydrogen-bond donors (Lipinski definition) is 3. The zero-order valence-corrected chi connectivity index (χ0v) is 10.5. The average molecular weight is 243 g/mol. The Morgan fingerprint density at radius 1 is 1.47 bits per heavy atom. The quantitative estimate of drug-likeness (QED) is 0.573. The summed E-state index contributed by atoms with van der Waals surface area (Å²) in [4.78, 5) is 25.1. The van der Waals surface area contributed by atoms with Gasteiger partial charge in [-0.25, -0.2) is 0 Å². The van der Waals surface area contributed by atoms with Crippen LogP contribution in [0.1, 0.15) is 20.3 Å². The lowest BCUT2D eigenvalue weighted by Crippen LogP contribution is -2.52. The van der Waals surface area contributed by atoms with Crippen LogP contribution in [0.15, 0.2) is 0 Å². The van der Waals surface area contributed by atoms with Crippen molar-refractivity contribution < 1.29 is 14.7 Å². The molecule has 1 heterocycles. The van der Waals surface area contributed by atoms with Crippen LogP contribution in [0.5, 0.6) is 0 Å². The van der Waals surface area contributed by atoms with E-state index in [0.29, 0.717) is 0 Å². The number of aliphatic hydroxyl groups is 1. The van der Waals surface area contributed by atoms with Gasteiger partial charge in [-0.15, -0.1) is 0 Å². The zero-order chi connectivity index (χ0) is 13.2. The first-order valence-electron chi connectivity index (χ1n) is 5.84. The van der Waals surface area contributed by atoms with Crippen molar-refractivity contribution in [1.29, 1.82) is 0 Å². The van der Waals surface area contributed by atoms with Gasteiger partial charge in [-0.3, -0.25) is 9.59 Å². The number of hydrogen-bond acceptors (Lipinski definition) is 4.